The molecule has 4 rings (SSSR count). The number of thiazole rings is 1. The maximum Gasteiger partial charge on any atom is 0.356 e. The van der Waals surface area contributed by atoms with Crippen molar-refractivity contribution in [1.29, 1.82) is 0 Å². The van der Waals surface area contributed by atoms with Gasteiger partial charge in [-0.3, -0.25) is 0 Å². The number of anilines is 1. The van der Waals surface area contributed by atoms with Crippen LogP contribution in [0.1, 0.15) is 24.3 Å². The Morgan fingerprint density at radius 1 is 1.25 bits per heavy atom. The van der Waals surface area contributed by atoms with Gasteiger partial charge in [0, 0.05) is 46.3 Å². The van der Waals surface area contributed by atoms with Gasteiger partial charge in [-0.25, -0.2) is 14.8 Å². The summed E-state index contributed by atoms with van der Waals surface area (Å²) in [6, 6.07) is 9.71. The lowest BCUT2D eigenvalue weighted by molar-refractivity contribution is 0.0691. The van der Waals surface area contributed by atoms with E-state index in [2.05, 4.69) is 29.1 Å². The Labute approximate surface area is 170 Å². The Kier molecular flexibility index (Phi) is 4.78. The third-order valence-electron chi connectivity index (χ3n) is 4.14. The molecule has 0 aliphatic rings. The van der Waals surface area contributed by atoms with Gasteiger partial charge in [-0.05, 0) is 26.0 Å². The van der Waals surface area contributed by atoms with Gasteiger partial charge in [0.05, 0.1) is 4.88 Å². The minimum atomic E-state index is -1.07. The molecule has 8 heteroatoms. The van der Waals surface area contributed by atoms with Crippen molar-refractivity contribution < 1.29 is 9.90 Å². The number of imidazole rings is 1. The lowest BCUT2D eigenvalue weighted by Crippen LogP contribution is -2.08. The van der Waals surface area contributed by atoms with Crippen molar-refractivity contribution in [1.82, 2.24) is 14.4 Å². The molecule has 3 heterocycles. The maximum absolute atomic E-state index is 11.4. The minimum absolute atomic E-state index is 0.0167. The van der Waals surface area contributed by atoms with E-state index in [9.17, 15) is 9.90 Å². The van der Waals surface area contributed by atoms with Crippen LogP contribution in [0, 0.1) is 0 Å². The predicted molar refractivity (Wildman–Crippen MR) is 112 cm³/mol. The summed E-state index contributed by atoms with van der Waals surface area (Å²) in [5.74, 6) is -1.07. The molecule has 0 bridgehead atoms. The number of benzene rings is 1. The first-order chi connectivity index (χ1) is 13.4. The molecule has 0 amide bonds. The summed E-state index contributed by atoms with van der Waals surface area (Å²) < 4.78 is 1.73. The Bertz CT molecular complexity index is 1180. The zero-order chi connectivity index (χ0) is 19.8. The second-order valence-corrected chi connectivity index (χ2v) is 8.05. The number of aromatic nitrogens is 3. The monoisotopic (exact) mass is 412 g/mol. The molecule has 0 spiro atoms. The van der Waals surface area contributed by atoms with E-state index < -0.39 is 5.97 Å². The van der Waals surface area contributed by atoms with Gasteiger partial charge < -0.3 is 14.8 Å². The van der Waals surface area contributed by atoms with Crippen molar-refractivity contribution >= 4 is 39.7 Å². The standard InChI is InChI=1S/C20H17ClN4O2S/c1-11(2)23-20-22-8-17(28-20)12-7-14(13-5-3-4-6-15(13)21)18-24-16(19(26)27)10-25(18)9-12/h3-11H,1-2H3,(H,22,23)(H,26,27). The fourth-order valence-electron chi connectivity index (χ4n) is 2.94. The largest absolute Gasteiger partial charge is 0.476 e. The van der Waals surface area contributed by atoms with Gasteiger partial charge in [-0.15, -0.1) is 0 Å². The molecule has 0 radical (unpaired) electrons. The molecule has 4 aromatic rings. The summed E-state index contributed by atoms with van der Waals surface area (Å²) in [6.07, 6.45) is 5.18. The molecule has 0 aliphatic heterocycles. The molecular weight excluding hydrogens is 396 g/mol. The highest BCUT2D eigenvalue weighted by atomic mass is 35.5. The topological polar surface area (TPSA) is 79.5 Å². The fraction of sp³-hybridized carbons (Fsp3) is 0.150. The van der Waals surface area contributed by atoms with Crippen molar-refractivity contribution in [2.45, 2.75) is 19.9 Å². The molecule has 1 aromatic carbocycles. The SMILES string of the molecule is CC(C)Nc1ncc(-c2cc(-c3ccccc3Cl)c3nc(C(=O)O)cn3c2)s1. The summed E-state index contributed by atoms with van der Waals surface area (Å²) >= 11 is 7.95. The van der Waals surface area contributed by atoms with E-state index >= 15 is 0 Å². The Hall–Kier alpha value is -2.90. The summed E-state index contributed by atoms with van der Waals surface area (Å²) in [6.45, 7) is 4.11. The number of nitrogens with zero attached hydrogens (tertiary/aromatic N) is 3. The molecule has 142 valence electrons. The van der Waals surface area contributed by atoms with Crippen LogP contribution in [0.4, 0.5) is 5.13 Å². The van der Waals surface area contributed by atoms with Crippen LogP contribution in [-0.4, -0.2) is 31.5 Å². The number of carbonyl (C=O) groups is 1. The van der Waals surface area contributed by atoms with Gasteiger partial charge >= 0.3 is 5.97 Å². The van der Waals surface area contributed by atoms with Crippen LogP contribution in [0.15, 0.2) is 48.9 Å². The average Bonchev–Trinajstić information content (AvgIpc) is 3.27. The van der Waals surface area contributed by atoms with Gasteiger partial charge in [0.2, 0.25) is 0 Å². The van der Waals surface area contributed by atoms with Gasteiger partial charge in [0.15, 0.2) is 10.8 Å². The number of halogens is 1. The Morgan fingerprint density at radius 3 is 2.75 bits per heavy atom. The molecule has 6 nitrogen and oxygen atoms in total. The number of rotatable bonds is 5. The lowest BCUT2D eigenvalue weighted by atomic mass is 10.0. The minimum Gasteiger partial charge on any atom is -0.476 e. The van der Waals surface area contributed by atoms with E-state index in [1.807, 2.05) is 36.7 Å². The molecule has 0 atom stereocenters. The third kappa shape index (κ3) is 3.46. The normalized spacial score (nSPS) is 11.3. The average molecular weight is 413 g/mol. The van der Waals surface area contributed by atoms with Crippen LogP contribution in [0.25, 0.3) is 27.2 Å². The van der Waals surface area contributed by atoms with E-state index in [0.29, 0.717) is 10.7 Å². The highest BCUT2D eigenvalue weighted by molar-refractivity contribution is 7.18. The summed E-state index contributed by atoms with van der Waals surface area (Å²) in [5, 5.41) is 14.1. The van der Waals surface area contributed by atoms with Crippen molar-refractivity contribution in [3.8, 4) is 21.6 Å². The van der Waals surface area contributed by atoms with Crippen molar-refractivity contribution in [3.05, 3.63) is 59.6 Å². The Morgan fingerprint density at radius 2 is 2.04 bits per heavy atom. The number of pyridine rings is 1. The lowest BCUT2D eigenvalue weighted by Gasteiger charge is -2.09. The zero-order valence-electron chi connectivity index (χ0n) is 15.2. The van der Waals surface area contributed by atoms with E-state index in [1.165, 1.54) is 17.5 Å². The number of nitrogens with one attached hydrogen (secondary N) is 1. The first-order valence-electron chi connectivity index (χ1n) is 8.66. The predicted octanol–water partition coefficient (Wildman–Crippen LogP) is 5.30. The van der Waals surface area contributed by atoms with Crippen molar-refractivity contribution in [2.24, 2.45) is 0 Å². The molecular formula is C20H17ClN4O2S. The fourth-order valence-corrected chi connectivity index (χ4v) is 4.12. The van der Waals surface area contributed by atoms with Gasteiger partial charge in [-0.2, -0.15) is 0 Å². The second-order valence-electron chi connectivity index (χ2n) is 6.61. The second kappa shape index (κ2) is 7.26. The number of carboxylic acids is 1. The van der Waals surface area contributed by atoms with Crippen LogP contribution < -0.4 is 5.32 Å². The molecule has 0 fully saturated rings. The summed E-state index contributed by atoms with van der Waals surface area (Å²) in [7, 11) is 0. The molecule has 0 saturated heterocycles. The third-order valence-corrected chi connectivity index (χ3v) is 5.44. The van der Waals surface area contributed by atoms with E-state index in [-0.39, 0.29) is 11.7 Å². The van der Waals surface area contributed by atoms with Crippen molar-refractivity contribution in [2.75, 3.05) is 5.32 Å². The van der Waals surface area contributed by atoms with E-state index in [0.717, 1.165) is 26.7 Å². The number of aromatic carboxylic acids is 1. The number of fused-ring (bicyclic) bond motifs is 1. The van der Waals surface area contributed by atoms with Crippen LogP contribution in [0.3, 0.4) is 0 Å². The van der Waals surface area contributed by atoms with E-state index in [1.54, 1.807) is 10.5 Å². The van der Waals surface area contributed by atoms with Crippen LogP contribution in [-0.2, 0) is 0 Å². The molecule has 0 saturated carbocycles. The zero-order valence-corrected chi connectivity index (χ0v) is 16.8. The van der Waals surface area contributed by atoms with Gasteiger partial charge in [0.1, 0.15) is 5.65 Å². The molecule has 2 N–H and O–H groups in total. The van der Waals surface area contributed by atoms with Crippen LogP contribution in [0.5, 0.6) is 0 Å². The van der Waals surface area contributed by atoms with E-state index in [4.69, 9.17) is 11.6 Å². The van der Waals surface area contributed by atoms with Gasteiger partial charge in [0.25, 0.3) is 0 Å². The number of carboxylic acid groups (broad SMARTS) is 1. The van der Waals surface area contributed by atoms with Crippen LogP contribution in [0.2, 0.25) is 5.02 Å². The summed E-state index contributed by atoms with van der Waals surface area (Å²) in [4.78, 5) is 21.1. The number of hydrogen-bond donors (Lipinski definition) is 2. The van der Waals surface area contributed by atoms with Gasteiger partial charge in [-0.1, -0.05) is 41.1 Å². The van der Waals surface area contributed by atoms with Crippen molar-refractivity contribution in [3.63, 3.8) is 0 Å². The first kappa shape index (κ1) is 18.5. The maximum atomic E-state index is 11.4. The molecule has 3 aromatic heterocycles. The highest BCUT2D eigenvalue weighted by Crippen LogP contribution is 2.36. The number of hydrogen-bond acceptors (Lipinski definition) is 5. The molecule has 28 heavy (non-hydrogen) atoms. The molecule has 0 aliphatic carbocycles. The highest BCUT2D eigenvalue weighted by Gasteiger charge is 2.17. The molecule has 0 unspecified atom stereocenters. The quantitative estimate of drug-likeness (QED) is 0.465. The Balaban J connectivity index is 1.92. The first-order valence-corrected chi connectivity index (χ1v) is 9.85. The smallest absolute Gasteiger partial charge is 0.356 e. The summed E-state index contributed by atoms with van der Waals surface area (Å²) in [5.41, 5.74) is 2.99. The van der Waals surface area contributed by atoms with Crippen LogP contribution >= 0.6 is 22.9 Å².